The van der Waals surface area contributed by atoms with Crippen molar-refractivity contribution in [1.82, 2.24) is 19.7 Å². The first-order chi connectivity index (χ1) is 10.2. The van der Waals surface area contributed by atoms with Crippen molar-refractivity contribution < 1.29 is 0 Å². The molecular weight excluding hydrogens is 282 g/mol. The van der Waals surface area contributed by atoms with Crippen LogP contribution < -0.4 is 4.90 Å². The summed E-state index contributed by atoms with van der Waals surface area (Å²) in [5.74, 6) is 1.02. The molecule has 21 heavy (non-hydrogen) atoms. The molecule has 1 aromatic heterocycles. The maximum atomic E-state index is 5.49. The van der Waals surface area contributed by atoms with E-state index in [2.05, 4.69) is 38.7 Å². The lowest BCUT2D eigenvalue weighted by Gasteiger charge is -2.29. The number of likely N-dealkylation sites (N-methyl/N-ethyl adjacent to an activating group) is 2. The van der Waals surface area contributed by atoms with E-state index in [4.69, 9.17) is 12.2 Å². The van der Waals surface area contributed by atoms with Gasteiger partial charge in [-0.2, -0.15) is 0 Å². The molecule has 1 aliphatic heterocycles. The molecule has 1 saturated carbocycles. The van der Waals surface area contributed by atoms with Gasteiger partial charge in [0.15, 0.2) is 4.77 Å². The third-order valence-corrected chi connectivity index (χ3v) is 5.41. The second-order valence-electron chi connectivity index (χ2n) is 6.65. The standard InChI is InChI=1S/C15H27N5S/c1-18-10-6-9-13(18)11-19(2)14-16-17-15(21)20(14)12-7-4-3-5-8-12/h12-13H,3-11H2,1-2H3,(H,17,21). The molecule has 1 aromatic rings. The Balaban J connectivity index is 1.76. The van der Waals surface area contributed by atoms with Crippen molar-refractivity contribution >= 4 is 18.2 Å². The van der Waals surface area contributed by atoms with E-state index in [1.54, 1.807) is 0 Å². The molecule has 2 fully saturated rings. The predicted octanol–water partition coefficient (Wildman–Crippen LogP) is 2.98. The lowest BCUT2D eigenvalue weighted by Crippen LogP contribution is -2.38. The van der Waals surface area contributed by atoms with Gasteiger partial charge in [0.25, 0.3) is 0 Å². The maximum Gasteiger partial charge on any atom is 0.225 e. The fourth-order valence-electron chi connectivity index (χ4n) is 3.84. The van der Waals surface area contributed by atoms with Crippen LogP contribution in [0.1, 0.15) is 51.0 Å². The number of nitrogens with zero attached hydrogens (tertiary/aromatic N) is 4. The molecule has 6 heteroatoms. The Hall–Kier alpha value is -0.880. The highest BCUT2D eigenvalue weighted by Crippen LogP contribution is 2.31. The van der Waals surface area contributed by atoms with Crippen LogP contribution in [-0.4, -0.2) is 52.9 Å². The van der Waals surface area contributed by atoms with Crippen LogP contribution >= 0.6 is 12.2 Å². The summed E-state index contributed by atoms with van der Waals surface area (Å²) < 4.78 is 3.05. The van der Waals surface area contributed by atoms with Gasteiger partial charge in [-0.25, -0.2) is 5.10 Å². The lowest BCUT2D eigenvalue weighted by atomic mass is 9.95. The largest absolute Gasteiger partial charge is 0.342 e. The number of likely N-dealkylation sites (tertiary alicyclic amines) is 1. The Morgan fingerprint density at radius 2 is 2.00 bits per heavy atom. The average Bonchev–Trinajstić information content (AvgIpc) is 3.06. The Morgan fingerprint density at radius 3 is 2.67 bits per heavy atom. The second kappa shape index (κ2) is 6.48. The topological polar surface area (TPSA) is 40.1 Å². The van der Waals surface area contributed by atoms with Gasteiger partial charge in [0.1, 0.15) is 0 Å². The van der Waals surface area contributed by atoms with Crippen molar-refractivity contribution in [2.24, 2.45) is 0 Å². The minimum atomic E-state index is 0.531. The maximum absolute atomic E-state index is 5.49. The van der Waals surface area contributed by atoms with Gasteiger partial charge in [0.05, 0.1) is 0 Å². The van der Waals surface area contributed by atoms with Crippen molar-refractivity contribution in [3.63, 3.8) is 0 Å². The minimum absolute atomic E-state index is 0.531. The average molecular weight is 309 g/mol. The van der Waals surface area contributed by atoms with Crippen molar-refractivity contribution in [3.8, 4) is 0 Å². The molecule has 1 atom stereocenters. The molecule has 1 N–H and O–H groups in total. The highest BCUT2D eigenvalue weighted by molar-refractivity contribution is 7.71. The van der Waals surface area contributed by atoms with Crippen LogP contribution in [0.4, 0.5) is 5.95 Å². The molecule has 3 rings (SSSR count). The fourth-order valence-corrected chi connectivity index (χ4v) is 4.12. The Morgan fingerprint density at radius 1 is 1.24 bits per heavy atom. The van der Waals surface area contributed by atoms with Crippen LogP contribution in [0.15, 0.2) is 0 Å². The lowest BCUT2D eigenvalue weighted by molar-refractivity contribution is 0.310. The molecule has 0 radical (unpaired) electrons. The molecule has 1 saturated heterocycles. The van der Waals surface area contributed by atoms with Gasteiger partial charge >= 0.3 is 0 Å². The first-order valence-corrected chi connectivity index (χ1v) is 8.66. The summed E-state index contributed by atoms with van der Waals surface area (Å²) in [6.45, 7) is 2.25. The highest BCUT2D eigenvalue weighted by Gasteiger charge is 2.26. The van der Waals surface area contributed by atoms with E-state index in [1.165, 1.54) is 51.5 Å². The first-order valence-electron chi connectivity index (χ1n) is 8.25. The molecular formula is C15H27N5S. The monoisotopic (exact) mass is 309 g/mol. The van der Waals surface area contributed by atoms with Gasteiger partial charge in [0, 0.05) is 25.7 Å². The van der Waals surface area contributed by atoms with Gasteiger partial charge < -0.3 is 9.80 Å². The van der Waals surface area contributed by atoms with E-state index in [1.807, 2.05) is 0 Å². The van der Waals surface area contributed by atoms with E-state index in [9.17, 15) is 0 Å². The Bertz CT molecular complexity index is 516. The van der Waals surface area contributed by atoms with Crippen LogP contribution in [0.3, 0.4) is 0 Å². The zero-order valence-corrected chi connectivity index (χ0v) is 14.0. The van der Waals surface area contributed by atoms with Gasteiger partial charge in [-0.3, -0.25) is 4.57 Å². The quantitative estimate of drug-likeness (QED) is 0.868. The number of H-pyrrole nitrogens is 1. The molecule has 0 amide bonds. The van der Waals surface area contributed by atoms with E-state index >= 15 is 0 Å². The molecule has 2 aliphatic rings. The third-order valence-electron chi connectivity index (χ3n) is 5.12. The second-order valence-corrected chi connectivity index (χ2v) is 7.03. The summed E-state index contributed by atoms with van der Waals surface area (Å²) in [6, 6.07) is 1.17. The van der Waals surface area contributed by atoms with Crippen LogP contribution in [0.5, 0.6) is 0 Å². The zero-order chi connectivity index (χ0) is 14.8. The van der Waals surface area contributed by atoms with Crippen LogP contribution in [-0.2, 0) is 0 Å². The number of anilines is 1. The van der Waals surface area contributed by atoms with E-state index in [0.717, 1.165) is 17.3 Å². The van der Waals surface area contributed by atoms with Crippen molar-refractivity contribution in [1.29, 1.82) is 0 Å². The Labute approximate surface area is 132 Å². The normalized spacial score (nSPS) is 24.6. The predicted molar refractivity (Wildman–Crippen MR) is 88.5 cm³/mol. The van der Waals surface area contributed by atoms with E-state index in [-0.39, 0.29) is 0 Å². The van der Waals surface area contributed by atoms with E-state index in [0.29, 0.717) is 12.1 Å². The number of hydrogen-bond acceptors (Lipinski definition) is 4. The molecule has 0 spiro atoms. The summed E-state index contributed by atoms with van der Waals surface area (Å²) in [5, 5.41) is 7.52. The Kier molecular flexibility index (Phi) is 4.64. The van der Waals surface area contributed by atoms with Crippen LogP contribution in [0, 0.1) is 4.77 Å². The number of aromatic amines is 1. The molecule has 1 aliphatic carbocycles. The molecule has 1 unspecified atom stereocenters. The number of rotatable bonds is 4. The number of aromatic nitrogens is 3. The van der Waals surface area contributed by atoms with Crippen LogP contribution in [0.2, 0.25) is 0 Å². The molecule has 118 valence electrons. The minimum Gasteiger partial charge on any atom is -0.342 e. The SMILES string of the molecule is CN(CC1CCCN1C)c1n[nH]c(=S)n1C1CCCCC1. The molecule has 5 nitrogen and oxygen atoms in total. The highest BCUT2D eigenvalue weighted by atomic mass is 32.1. The molecule has 2 heterocycles. The summed E-state index contributed by atoms with van der Waals surface area (Å²) in [4.78, 5) is 4.75. The molecule has 0 aromatic carbocycles. The van der Waals surface area contributed by atoms with Gasteiger partial charge in [-0.15, -0.1) is 5.10 Å². The van der Waals surface area contributed by atoms with Crippen LogP contribution in [0.25, 0.3) is 0 Å². The van der Waals surface area contributed by atoms with Gasteiger partial charge in [-0.05, 0) is 51.5 Å². The number of hydrogen-bond donors (Lipinski definition) is 1. The van der Waals surface area contributed by atoms with E-state index < -0.39 is 0 Å². The summed E-state index contributed by atoms with van der Waals surface area (Å²) in [7, 11) is 4.38. The smallest absolute Gasteiger partial charge is 0.225 e. The van der Waals surface area contributed by atoms with Crippen molar-refractivity contribution in [2.75, 3.05) is 32.1 Å². The third kappa shape index (κ3) is 3.16. The first kappa shape index (κ1) is 15.0. The summed E-state index contributed by atoms with van der Waals surface area (Å²) >= 11 is 5.49. The number of nitrogens with one attached hydrogen (secondary N) is 1. The van der Waals surface area contributed by atoms with Gasteiger partial charge in [0.2, 0.25) is 5.95 Å². The molecule has 0 bridgehead atoms. The van der Waals surface area contributed by atoms with Crippen molar-refractivity contribution in [2.45, 2.75) is 57.0 Å². The summed E-state index contributed by atoms with van der Waals surface area (Å²) in [6.07, 6.45) is 9.05. The van der Waals surface area contributed by atoms with Gasteiger partial charge in [-0.1, -0.05) is 19.3 Å². The van der Waals surface area contributed by atoms with Crippen molar-refractivity contribution in [3.05, 3.63) is 4.77 Å². The summed E-state index contributed by atoms with van der Waals surface area (Å²) in [5.41, 5.74) is 0. The zero-order valence-electron chi connectivity index (χ0n) is 13.2. The fraction of sp³-hybridized carbons (Fsp3) is 0.867.